The number of furan rings is 1. The van der Waals surface area contributed by atoms with Gasteiger partial charge in [0.05, 0.1) is 22.3 Å². The van der Waals surface area contributed by atoms with E-state index in [1.165, 1.54) is 28.8 Å². The van der Waals surface area contributed by atoms with Gasteiger partial charge >= 0.3 is 0 Å². The molecule has 1 aromatic heterocycles. The molecule has 0 spiro atoms. The molecule has 1 aromatic carbocycles. The largest absolute Gasteiger partial charge is 0.469 e. The van der Waals surface area contributed by atoms with Gasteiger partial charge in [0.15, 0.2) is 0 Å². The van der Waals surface area contributed by atoms with Crippen LogP contribution in [0.3, 0.4) is 0 Å². The first-order valence-electron chi connectivity index (χ1n) is 8.98. The quantitative estimate of drug-likeness (QED) is 0.723. The van der Waals surface area contributed by atoms with Gasteiger partial charge in [-0.1, -0.05) is 12.1 Å². The molecule has 0 bridgehead atoms. The Balaban J connectivity index is 1.57. The maximum Gasteiger partial charge on any atom is 0.273 e. The Morgan fingerprint density at radius 3 is 2.48 bits per heavy atom. The highest BCUT2D eigenvalue weighted by Crippen LogP contribution is 2.25. The van der Waals surface area contributed by atoms with Crippen LogP contribution in [0.5, 0.6) is 0 Å². The van der Waals surface area contributed by atoms with Crippen molar-refractivity contribution in [2.24, 2.45) is 5.92 Å². The SMILES string of the molecule is Cc1occc1C(=O)NNC(=O)C1CCN(S(=O)(=O)c2ccccc2C#N)CC1. The van der Waals surface area contributed by atoms with Gasteiger partial charge in [0.1, 0.15) is 11.8 Å². The van der Waals surface area contributed by atoms with Crippen molar-refractivity contribution in [1.29, 1.82) is 5.26 Å². The first-order chi connectivity index (χ1) is 13.8. The molecule has 0 unspecified atom stereocenters. The molecule has 0 atom stereocenters. The van der Waals surface area contributed by atoms with Gasteiger partial charge in [-0.2, -0.15) is 9.57 Å². The Bertz CT molecular complexity index is 1060. The van der Waals surface area contributed by atoms with Crippen LogP contribution in [0, 0.1) is 24.2 Å². The zero-order valence-corrected chi connectivity index (χ0v) is 16.5. The number of carbonyl (C=O) groups excluding carboxylic acids is 2. The first-order valence-corrected chi connectivity index (χ1v) is 10.4. The van der Waals surface area contributed by atoms with Crippen molar-refractivity contribution in [2.45, 2.75) is 24.7 Å². The van der Waals surface area contributed by atoms with Crippen LogP contribution in [0.1, 0.15) is 34.5 Å². The zero-order chi connectivity index (χ0) is 21.0. The Kier molecular flexibility index (Phi) is 6.00. The average Bonchev–Trinajstić information content (AvgIpc) is 3.17. The molecule has 152 valence electrons. The average molecular weight is 416 g/mol. The monoisotopic (exact) mass is 416 g/mol. The second-order valence-corrected chi connectivity index (χ2v) is 8.53. The highest BCUT2D eigenvalue weighted by atomic mass is 32.2. The molecule has 2 N–H and O–H groups in total. The number of nitrogens with one attached hydrogen (secondary N) is 2. The third-order valence-corrected chi connectivity index (χ3v) is 6.81. The maximum absolute atomic E-state index is 12.8. The molecule has 9 nitrogen and oxygen atoms in total. The summed E-state index contributed by atoms with van der Waals surface area (Å²) in [6.07, 6.45) is 1.99. The van der Waals surface area contributed by atoms with E-state index in [0.717, 1.165) is 0 Å². The number of nitriles is 1. The second kappa shape index (κ2) is 8.46. The number of nitrogens with zero attached hydrogens (tertiary/aromatic N) is 2. The van der Waals surface area contributed by atoms with Gasteiger partial charge in [0.2, 0.25) is 15.9 Å². The Morgan fingerprint density at radius 1 is 1.17 bits per heavy atom. The predicted molar refractivity (Wildman–Crippen MR) is 102 cm³/mol. The molecular formula is C19H20N4O5S. The molecule has 10 heteroatoms. The predicted octanol–water partition coefficient (Wildman–Crippen LogP) is 1.32. The normalized spacial score (nSPS) is 15.4. The van der Waals surface area contributed by atoms with Crippen molar-refractivity contribution in [3.63, 3.8) is 0 Å². The Labute approximate surface area is 168 Å². The summed E-state index contributed by atoms with van der Waals surface area (Å²) in [6, 6.07) is 9.42. The highest BCUT2D eigenvalue weighted by molar-refractivity contribution is 7.89. The smallest absolute Gasteiger partial charge is 0.273 e. The number of hydrazine groups is 1. The minimum Gasteiger partial charge on any atom is -0.469 e. The molecule has 1 aliphatic rings. The molecule has 0 radical (unpaired) electrons. The van der Waals surface area contributed by atoms with Gasteiger partial charge in [-0.3, -0.25) is 20.4 Å². The van der Waals surface area contributed by atoms with Gasteiger partial charge in [-0.15, -0.1) is 0 Å². The van der Waals surface area contributed by atoms with Crippen LogP contribution in [-0.2, 0) is 14.8 Å². The van der Waals surface area contributed by atoms with Crippen molar-refractivity contribution in [2.75, 3.05) is 13.1 Å². The molecule has 2 amide bonds. The van der Waals surface area contributed by atoms with Crippen molar-refractivity contribution < 1.29 is 22.4 Å². The molecule has 2 heterocycles. The van der Waals surface area contributed by atoms with Crippen LogP contribution in [0.4, 0.5) is 0 Å². The van der Waals surface area contributed by atoms with Gasteiger partial charge in [-0.05, 0) is 38.0 Å². The number of rotatable bonds is 4. The van der Waals surface area contributed by atoms with E-state index >= 15 is 0 Å². The van der Waals surface area contributed by atoms with Crippen LogP contribution in [0.15, 0.2) is 45.9 Å². The Hall–Kier alpha value is -3.16. The lowest BCUT2D eigenvalue weighted by Crippen LogP contribution is -2.48. The van der Waals surface area contributed by atoms with E-state index < -0.39 is 21.8 Å². The number of aryl methyl sites for hydroxylation is 1. The lowest BCUT2D eigenvalue weighted by Gasteiger charge is -2.30. The van der Waals surface area contributed by atoms with E-state index in [1.54, 1.807) is 19.1 Å². The fourth-order valence-corrected chi connectivity index (χ4v) is 4.80. The molecule has 3 rings (SSSR count). The summed E-state index contributed by atoms with van der Waals surface area (Å²) in [5.41, 5.74) is 5.13. The van der Waals surface area contributed by atoms with Crippen LogP contribution in [0.2, 0.25) is 0 Å². The van der Waals surface area contributed by atoms with Gasteiger partial charge in [0.25, 0.3) is 5.91 Å². The fraction of sp³-hybridized carbons (Fsp3) is 0.316. The number of piperidine rings is 1. The van der Waals surface area contributed by atoms with Crippen molar-refractivity contribution in [3.05, 3.63) is 53.5 Å². The maximum atomic E-state index is 12.8. The number of sulfonamides is 1. The summed E-state index contributed by atoms with van der Waals surface area (Å²) in [5.74, 6) is -0.863. The molecule has 29 heavy (non-hydrogen) atoms. The standard InChI is InChI=1S/C19H20N4O5S/c1-13-16(8-11-28-13)19(25)22-21-18(24)14-6-9-23(10-7-14)29(26,27)17-5-3-2-4-15(17)12-20/h2-5,8,11,14H,6-7,9-10H2,1H3,(H,21,24)(H,22,25). The topological polar surface area (TPSA) is 133 Å². The van der Waals surface area contributed by atoms with Crippen LogP contribution in [0.25, 0.3) is 0 Å². The summed E-state index contributed by atoms with van der Waals surface area (Å²) >= 11 is 0. The lowest BCUT2D eigenvalue weighted by atomic mass is 9.98. The highest BCUT2D eigenvalue weighted by Gasteiger charge is 2.33. The molecular weight excluding hydrogens is 396 g/mol. The van der Waals surface area contributed by atoms with Crippen molar-refractivity contribution in [3.8, 4) is 6.07 Å². The summed E-state index contributed by atoms with van der Waals surface area (Å²) in [4.78, 5) is 24.3. The van der Waals surface area contributed by atoms with Crippen molar-refractivity contribution >= 4 is 21.8 Å². The van der Waals surface area contributed by atoms with Crippen molar-refractivity contribution in [1.82, 2.24) is 15.2 Å². The van der Waals surface area contributed by atoms with Crippen LogP contribution >= 0.6 is 0 Å². The number of benzene rings is 1. The van der Waals surface area contributed by atoms with E-state index in [4.69, 9.17) is 9.68 Å². The number of amides is 2. The summed E-state index contributed by atoms with van der Waals surface area (Å²) in [6.45, 7) is 1.93. The van der Waals surface area contributed by atoms with Gasteiger partial charge in [0, 0.05) is 19.0 Å². The first kappa shape index (κ1) is 20.6. The summed E-state index contributed by atoms with van der Waals surface area (Å²) < 4.78 is 32.0. The van der Waals surface area contributed by atoms with Crippen LogP contribution < -0.4 is 10.9 Å². The Morgan fingerprint density at radius 2 is 1.86 bits per heavy atom. The summed E-state index contributed by atoms with van der Waals surface area (Å²) in [5, 5.41) is 9.16. The third kappa shape index (κ3) is 4.31. The molecule has 1 aliphatic heterocycles. The van der Waals surface area contributed by atoms with E-state index in [2.05, 4.69) is 10.9 Å². The van der Waals surface area contributed by atoms with Gasteiger partial charge in [-0.25, -0.2) is 8.42 Å². The van der Waals surface area contributed by atoms with E-state index in [-0.39, 0.29) is 29.5 Å². The van der Waals surface area contributed by atoms with Crippen LogP contribution in [-0.4, -0.2) is 37.6 Å². The third-order valence-electron chi connectivity index (χ3n) is 4.85. The number of hydrogen-bond acceptors (Lipinski definition) is 6. The minimum atomic E-state index is -3.82. The number of hydrogen-bond donors (Lipinski definition) is 2. The molecule has 1 fully saturated rings. The van der Waals surface area contributed by atoms with E-state index in [0.29, 0.717) is 24.2 Å². The molecule has 0 aliphatic carbocycles. The molecule has 1 saturated heterocycles. The van der Waals surface area contributed by atoms with E-state index in [9.17, 15) is 18.0 Å². The fourth-order valence-electron chi connectivity index (χ4n) is 3.19. The molecule has 0 saturated carbocycles. The molecule has 2 aromatic rings. The zero-order valence-electron chi connectivity index (χ0n) is 15.7. The second-order valence-electron chi connectivity index (χ2n) is 6.62. The van der Waals surface area contributed by atoms with E-state index in [1.807, 2.05) is 6.07 Å². The summed E-state index contributed by atoms with van der Waals surface area (Å²) in [7, 11) is -3.82. The van der Waals surface area contributed by atoms with Gasteiger partial charge < -0.3 is 4.42 Å². The lowest BCUT2D eigenvalue weighted by molar-refractivity contribution is -0.126. The number of carbonyl (C=O) groups is 2. The minimum absolute atomic E-state index is 0.0341.